The van der Waals surface area contributed by atoms with Crippen LogP contribution in [0, 0.1) is 6.92 Å². The fourth-order valence-electron chi connectivity index (χ4n) is 3.27. The summed E-state index contributed by atoms with van der Waals surface area (Å²) in [5.41, 5.74) is 3.72. The molecule has 0 saturated carbocycles. The van der Waals surface area contributed by atoms with Gasteiger partial charge in [0.2, 0.25) is 0 Å². The summed E-state index contributed by atoms with van der Waals surface area (Å²) < 4.78 is 5.73. The molecule has 26 heavy (non-hydrogen) atoms. The third-order valence-corrected chi connectivity index (χ3v) is 5.27. The van der Waals surface area contributed by atoms with Crippen LogP contribution in [0.4, 0.5) is 10.5 Å². The molecule has 3 aromatic rings. The quantitative estimate of drug-likeness (QED) is 0.709. The van der Waals surface area contributed by atoms with Gasteiger partial charge in [0, 0.05) is 25.4 Å². The molecular weight excluding hydrogens is 348 g/mol. The van der Waals surface area contributed by atoms with Crippen LogP contribution in [0.25, 0.3) is 11.0 Å². The number of amides is 2. The molecule has 1 aromatic carbocycles. The van der Waals surface area contributed by atoms with Crippen molar-refractivity contribution in [2.24, 2.45) is 0 Å². The Morgan fingerprint density at radius 1 is 1.46 bits per heavy atom. The van der Waals surface area contributed by atoms with Gasteiger partial charge in [0.05, 0.1) is 17.1 Å². The Hall–Kier alpha value is -2.38. The molecule has 136 valence electrons. The molecule has 1 fully saturated rings. The molecule has 1 saturated heterocycles. The zero-order valence-corrected chi connectivity index (χ0v) is 15.5. The summed E-state index contributed by atoms with van der Waals surface area (Å²) in [4.78, 5) is 22.3. The molecule has 4 rings (SSSR count). The minimum Gasteiger partial charge on any atom is -0.376 e. The number of ether oxygens (including phenoxy) is 1. The van der Waals surface area contributed by atoms with Crippen LogP contribution in [0.2, 0.25) is 0 Å². The van der Waals surface area contributed by atoms with Crippen LogP contribution in [0.3, 0.4) is 0 Å². The smallest absolute Gasteiger partial charge is 0.322 e. The summed E-state index contributed by atoms with van der Waals surface area (Å²) in [6.07, 6.45) is 2.19. The minimum absolute atomic E-state index is 0.109. The van der Waals surface area contributed by atoms with Crippen LogP contribution < -0.4 is 5.32 Å². The molecule has 7 heteroatoms. The third-order valence-electron chi connectivity index (χ3n) is 4.54. The van der Waals surface area contributed by atoms with Crippen molar-refractivity contribution in [3.05, 3.63) is 46.4 Å². The van der Waals surface area contributed by atoms with E-state index in [2.05, 4.69) is 26.7 Å². The number of anilines is 1. The van der Waals surface area contributed by atoms with Gasteiger partial charge < -0.3 is 19.9 Å². The van der Waals surface area contributed by atoms with Crippen molar-refractivity contribution in [1.82, 2.24) is 14.9 Å². The second kappa shape index (κ2) is 7.47. The number of rotatable bonds is 5. The van der Waals surface area contributed by atoms with E-state index in [-0.39, 0.29) is 12.1 Å². The number of nitrogens with zero attached hydrogens (tertiary/aromatic N) is 2. The van der Waals surface area contributed by atoms with Gasteiger partial charge in [-0.05, 0) is 60.4 Å². The maximum Gasteiger partial charge on any atom is 0.322 e. The Morgan fingerprint density at radius 2 is 2.38 bits per heavy atom. The number of benzene rings is 1. The van der Waals surface area contributed by atoms with E-state index in [9.17, 15) is 4.79 Å². The van der Waals surface area contributed by atoms with Gasteiger partial charge >= 0.3 is 6.03 Å². The highest BCUT2D eigenvalue weighted by Crippen LogP contribution is 2.20. The molecule has 2 amide bonds. The van der Waals surface area contributed by atoms with Crippen molar-refractivity contribution in [2.45, 2.75) is 32.4 Å². The third kappa shape index (κ3) is 3.89. The first-order valence-corrected chi connectivity index (χ1v) is 9.76. The molecule has 1 aliphatic heterocycles. The first kappa shape index (κ1) is 17.1. The summed E-state index contributed by atoms with van der Waals surface area (Å²) in [5.74, 6) is 0.862. The number of imidazole rings is 1. The number of nitrogens with one attached hydrogen (secondary N) is 2. The number of carbonyl (C=O) groups is 1. The molecule has 2 aromatic heterocycles. The van der Waals surface area contributed by atoms with Gasteiger partial charge in [0.1, 0.15) is 5.82 Å². The first-order valence-electron chi connectivity index (χ1n) is 8.82. The van der Waals surface area contributed by atoms with Crippen LogP contribution in [0.1, 0.15) is 24.2 Å². The lowest BCUT2D eigenvalue weighted by molar-refractivity contribution is 0.0819. The Labute approximate surface area is 156 Å². The summed E-state index contributed by atoms with van der Waals surface area (Å²) in [6.45, 7) is 3.89. The van der Waals surface area contributed by atoms with Gasteiger partial charge in [-0.1, -0.05) is 0 Å². The van der Waals surface area contributed by atoms with Gasteiger partial charge in [-0.3, -0.25) is 0 Å². The maximum absolute atomic E-state index is 12.9. The lowest BCUT2D eigenvalue weighted by Gasteiger charge is -2.25. The topological polar surface area (TPSA) is 70.2 Å². The van der Waals surface area contributed by atoms with Gasteiger partial charge in [-0.15, -0.1) is 0 Å². The highest BCUT2D eigenvalue weighted by molar-refractivity contribution is 7.07. The Kier molecular flexibility index (Phi) is 4.90. The molecule has 2 N–H and O–H groups in total. The van der Waals surface area contributed by atoms with Crippen molar-refractivity contribution in [2.75, 3.05) is 18.5 Å². The largest absolute Gasteiger partial charge is 0.376 e. The van der Waals surface area contributed by atoms with E-state index in [0.29, 0.717) is 13.1 Å². The first-order chi connectivity index (χ1) is 12.7. The van der Waals surface area contributed by atoms with Gasteiger partial charge in [0.25, 0.3) is 0 Å². The van der Waals surface area contributed by atoms with E-state index < -0.39 is 0 Å². The predicted octanol–water partition coefficient (Wildman–Crippen LogP) is 4.15. The number of thiophene rings is 1. The zero-order valence-electron chi connectivity index (χ0n) is 14.7. The molecule has 3 heterocycles. The predicted molar refractivity (Wildman–Crippen MR) is 104 cm³/mol. The zero-order chi connectivity index (χ0) is 17.9. The molecular formula is C19H22N4O2S. The van der Waals surface area contributed by atoms with Crippen molar-refractivity contribution in [1.29, 1.82) is 0 Å². The summed E-state index contributed by atoms with van der Waals surface area (Å²) in [7, 11) is 0. The monoisotopic (exact) mass is 370 g/mol. The number of H-pyrrole nitrogens is 1. The standard InChI is InChI=1S/C19H22N4O2S/c1-13-20-17-5-4-15(9-18(17)21-13)22-19(24)23(10-14-6-8-26-12-14)11-16-3-2-7-25-16/h4-6,8-9,12,16H,2-3,7,10-11H2,1H3,(H,20,21)(H,22,24)/t16-/m0/s1. The van der Waals surface area contributed by atoms with E-state index in [1.54, 1.807) is 11.3 Å². The number of hydrogen-bond acceptors (Lipinski definition) is 4. The summed E-state index contributed by atoms with van der Waals surface area (Å²) >= 11 is 1.64. The van der Waals surface area contributed by atoms with Gasteiger partial charge in [0.15, 0.2) is 0 Å². The highest BCUT2D eigenvalue weighted by Gasteiger charge is 2.23. The average Bonchev–Trinajstić information content (AvgIpc) is 3.35. The maximum atomic E-state index is 12.9. The summed E-state index contributed by atoms with van der Waals surface area (Å²) in [6, 6.07) is 7.66. The van der Waals surface area contributed by atoms with E-state index >= 15 is 0 Å². The molecule has 0 unspecified atom stereocenters. The number of fused-ring (bicyclic) bond motifs is 1. The molecule has 0 radical (unpaired) electrons. The van der Waals surface area contributed by atoms with Gasteiger partial charge in [-0.2, -0.15) is 11.3 Å². The number of hydrogen-bond donors (Lipinski definition) is 2. The molecule has 6 nitrogen and oxygen atoms in total. The normalized spacial score (nSPS) is 16.9. The molecule has 0 spiro atoms. The fraction of sp³-hybridized carbons (Fsp3) is 0.368. The molecule has 0 aliphatic carbocycles. The van der Waals surface area contributed by atoms with Crippen LogP contribution >= 0.6 is 11.3 Å². The van der Waals surface area contributed by atoms with E-state index in [0.717, 1.165) is 47.6 Å². The molecule has 1 atom stereocenters. The van der Waals surface area contributed by atoms with Crippen LogP contribution in [-0.2, 0) is 11.3 Å². The van der Waals surface area contributed by atoms with E-state index in [1.807, 2.05) is 35.4 Å². The molecule has 0 bridgehead atoms. The highest BCUT2D eigenvalue weighted by atomic mass is 32.1. The summed E-state index contributed by atoms with van der Waals surface area (Å²) in [5, 5.41) is 7.13. The van der Waals surface area contributed by atoms with Crippen LogP contribution in [0.15, 0.2) is 35.0 Å². The van der Waals surface area contributed by atoms with Crippen molar-refractivity contribution < 1.29 is 9.53 Å². The van der Waals surface area contributed by atoms with Crippen molar-refractivity contribution in [3.8, 4) is 0 Å². The fourth-order valence-corrected chi connectivity index (χ4v) is 3.93. The number of aromatic nitrogens is 2. The van der Waals surface area contributed by atoms with Crippen molar-refractivity contribution in [3.63, 3.8) is 0 Å². The number of carbonyl (C=O) groups excluding carboxylic acids is 1. The lowest BCUT2D eigenvalue weighted by Crippen LogP contribution is -2.39. The number of aromatic amines is 1. The Bertz CT molecular complexity index is 884. The second-order valence-corrected chi connectivity index (χ2v) is 7.41. The van der Waals surface area contributed by atoms with Crippen molar-refractivity contribution >= 4 is 34.1 Å². The van der Waals surface area contributed by atoms with E-state index in [1.165, 1.54) is 0 Å². The Balaban J connectivity index is 1.49. The van der Waals surface area contributed by atoms with Crippen LogP contribution in [0.5, 0.6) is 0 Å². The SMILES string of the molecule is Cc1nc2ccc(NC(=O)N(Cc3ccsc3)C[C@@H]3CCCO3)cc2[nH]1. The minimum atomic E-state index is -0.109. The second-order valence-electron chi connectivity index (χ2n) is 6.63. The molecule has 1 aliphatic rings. The average molecular weight is 370 g/mol. The van der Waals surface area contributed by atoms with Gasteiger partial charge in [-0.25, -0.2) is 9.78 Å². The van der Waals surface area contributed by atoms with Crippen LogP contribution in [-0.4, -0.2) is 40.2 Å². The van der Waals surface area contributed by atoms with E-state index in [4.69, 9.17) is 4.74 Å². The number of urea groups is 1. The Morgan fingerprint density at radius 3 is 3.15 bits per heavy atom. The number of aryl methyl sites for hydroxylation is 1. The lowest BCUT2D eigenvalue weighted by atomic mass is 10.2.